The molecule has 2 heterocycles. The minimum Gasteiger partial charge on any atom is -0.381 e. The molecule has 1 N–H and O–H groups in total. The van der Waals surface area contributed by atoms with Gasteiger partial charge in [-0.3, -0.25) is 4.79 Å². The van der Waals surface area contributed by atoms with Crippen LogP contribution >= 0.6 is 0 Å². The van der Waals surface area contributed by atoms with Crippen LogP contribution in [-0.4, -0.2) is 35.1 Å². The summed E-state index contributed by atoms with van der Waals surface area (Å²) in [6.45, 7) is 8.38. The van der Waals surface area contributed by atoms with Crippen LogP contribution in [0.1, 0.15) is 27.2 Å². The van der Waals surface area contributed by atoms with Crippen molar-refractivity contribution in [3.63, 3.8) is 0 Å². The van der Waals surface area contributed by atoms with Crippen LogP contribution in [0.25, 0.3) is 0 Å². The fourth-order valence-electron chi connectivity index (χ4n) is 2.82. The van der Waals surface area contributed by atoms with Gasteiger partial charge in [0, 0.05) is 37.4 Å². The summed E-state index contributed by atoms with van der Waals surface area (Å²) in [6, 6.07) is 4.62. The number of pyridine rings is 1. The second-order valence-corrected chi connectivity index (χ2v) is 5.79. The number of nitrogens with zero attached hydrogens (tertiary/aromatic N) is 2. The number of hydrogen-bond donors (Lipinski definition) is 1. The summed E-state index contributed by atoms with van der Waals surface area (Å²) in [5.74, 6) is 0.614. The number of likely N-dealkylation sites (tertiary alicyclic amines) is 1. The first-order valence-electron chi connectivity index (χ1n) is 7.18. The van der Waals surface area contributed by atoms with Crippen molar-refractivity contribution in [2.24, 2.45) is 5.92 Å². The van der Waals surface area contributed by atoms with Crippen molar-refractivity contribution in [2.75, 3.05) is 18.9 Å². The number of nitrogens with one attached hydrogen (secondary N) is 1. The standard InChI is InChI=1S/C15H25N3O/c1-5-18-10-13(6-7-15(18)19)16-14-8-12(3)17(4)9-11(14)2/h6-7,10-12,14,16H,5,8-9H2,1-4H3. The van der Waals surface area contributed by atoms with Crippen molar-refractivity contribution in [2.45, 2.75) is 45.8 Å². The maximum absolute atomic E-state index is 11.6. The molecule has 1 aromatic heterocycles. The lowest BCUT2D eigenvalue weighted by Gasteiger charge is -2.40. The van der Waals surface area contributed by atoms with E-state index in [2.05, 4.69) is 31.1 Å². The summed E-state index contributed by atoms with van der Waals surface area (Å²) in [4.78, 5) is 14.0. The molecule has 3 unspecified atom stereocenters. The van der Waals surface area contributed by atoms with Crippen molar-refractivity contribution in [3.8, 4) is 0 Å². The van der Waals surface area contributed by atoms with E-state index in [9.17, 15) is 4.79 Å². The molecule has 1 aliphatic heterocycles. The third-order valence-electron chi connectivity index (χ3n) is 4.29. The summed E-state index contributed by atoms with van der Waals surface area (Å²) >= 11 is 0. The van der Waals surface area contributed by atoms with Crippen molar-refractivity contribution < 1.29 is 0 Å². The summed E-state index contributed by atoms with van der Waals surface area (Å²) < 4.78 is 1.74. The zero-order chi connectivity index (χ0) is 14.0. The highest BCUT2D eigenvalue weighted by molar-refractivity contribution is 5.41. The smallest absolute Gasteiger partial charge is 0.250 e. The van der Waals surface area contributed by atoms with Crippen molar-refractivity contribution in [1.29, 1.82) is 0 Å². The highest BCUT2D eigenvalue weighted by Crippen LogP contribution is 2.23. The molecule has 0 amide bonds. The first kappa shape index (κ1) is 14.1. The van der Waals surface area contributed by atoms with Crippen LogP contribution in [0.2, 0.25) is 0 Å². The third kappa shape index (κ3) is 3.18. The molecular weight excluding hydrogens is 238 g/mol. The van der Waals surface area contributed by atoms with Gasteiger partial charge in [0.1, 0.15) is 0 Å². The van der Waals surface area contributed by atoms with Gasteiger partial charge in [-0.2, -0.15) is 0 Å². The molecule has 4 nitrogen and oxygen atoms in total. The van der Waals surface area contributed by atoms with Gasteiger partial charge in [0.15, 0.2) is 0 Å². The van der Waals surface area contributed by atoms with Crippen LogP contribution < -0.4 is 10.9 Å². The molecule has 0 aromatic carbocycles. The summed E-state index contributed by atoms with van der Waals surface area (Å²) in [7, 11) is 2.19. The number of piperidine rings is 1. The number of aromatic nitrogens is 1. The Labute approximate surface area is 115 Å². The molecular formula is C15H25N3O. The van der Waals surface area contributed by atoms with E-state index in [-0.39, 0.29) is 5.56 Å². The van der Waals surface area contributed by atoms with Crippen molar-refractivity contribution >= 4 is 5.69 Å². The van der Waals surface area contributed by atoms with Crippen LogP contribution in [0.3, 0.4) is 0 Å². The van der Waals surface area contributed by atoms with E-state index in [0.717, 1.165) is 18.7 Å². The van der Waals surface area contributed by atoms with Gasteiger partial charge in [0.2, 0.25) is 0 Å². The third-order valence-corrected chi connectivity index (χ3v) is 4.29. The Kier molecular flexibility index (Phi) is 4.30. The van der Waals surface area contributed by atoms with E-state index in [1.807, 2.05) is 19.2 Å². The molecule has 3 atom stereocenters. The van der Waals surface area contributed by atoms with Crippen molar-refractivity contribution in [1.82, 2.24) is 9.47 Å². The second-order valence-electron chi connectivity index (χ2n) is 5.79. The minimum absolute atomic E-state index is 0.0674. The Bertz CT molecular complexity index is 483. The fraction of sp³-hybridized carbons (Fsp3) is 0.667. The molecule has 19 heavy (non-hydrogen) atoms. The number of aryl methyl sites for hydroxylation is 1. The fourth-order valence-corrected chi connectivity index (χ4v) is 2.82. The quantitative estimate of drug-likeness (QED) is 0.906. The Hall–Kier alpha value is -1.29. The molecule has 0 bridgehead atoms. The van der Waals surface area contributed by atoms with E-state index in [0.29, 0.717) is 24.5 Å². The topological polar surface area (TPSA) is 37.3 Å². The number of rotatable bonds is 3. The highest BCUT2D eigenvalue weighted by Gasteiger charge is 2.28. The van der Waals surface area contributed by atoms with Crippen LogP contribution in [0.5, 0.6) is 0 Å². The monoisotopic (exact) mass is 263 g/mol. The first-order chi connectivity index (χ1) is 9.01. The molecule has 0 aliphatic carbocycles. The Morgan fingerprint density at radius 3 is 2.79 bits per heavy atom. The minimum atomic E-state index is 0.0674. The molecule has 0 spiro atoms. The molecule has 0 saturated carbocycles. The lowest BCUT2D eigenvalue weighted by Crippen LogP contribution is -2.48. The largest absolute Gasteiger partial charge is 0.381 e. The molecule has 2 rings (SSSR count). The molecule has 0 radical (unpaired) electrons. The zero-order valence-corrected chi connectivity index (χ0v) is 12.4. The molecule has 4 heteroatoms. The maximum atomic E-state index is 11.6. The van der Waals surface area contributed by atoms with Gasteiger partial charge in [0.25, 0.3) is 5.56 Å². The Morgan fingerprint density at radius 1 is 1.37 bits per heavy atom. The molecule has 1 aliphatic rings. The van der Waals surface area contributed by atoms with E-state index >= 15 is 0 Å². The Balaban J connectivity index is 2.10. The average Bonchev–Trinajstić information content (AvgIpc) is 2.38. The molecule has 1 fully saturated rings. The Morgan fingerprint density at radius 2 is 2.11 bits per heavy atom. The predicted octanol–water partition coefficient (Wildman–Crippen LogP) is 2.01. The van der Waals surface area contributed by atoms with Gasteiger partial charge in [-0.15, -0.1) is 0 Å². The van der Waals surface area contributed by atoms with Crippen LogP contribution in [-0.2, 0) is 6.54 Å². The van der Waals surface area contributed by atoms with Crippen LogP contribution in [0.4, 0.5) is 5.69 Å². The molecule has 1 saturated heterocycles. The van der Waals surface area contributed by atoms with Gasteiger partial charge in [-0.25, -0.2) is 0 Å². The normalized spacial score (nSPS) is 28.3. The van der Waals surface area contributed by atoms with Gasteiger partial charge in [-0.05, 0) is 39.3 Å². The summed E-state index contributed by atoms with van der Waals surface area (Å²) in [5, 5.41) is 3.60. The predicted molar refractivity (Wildman–Crippen MR) is 79.7 cm³/mol. The van der Waals surface area contributed by atoms with Crippen LogP contribution in [0, 0.1) is 5.92 Å². The van der Waals surface area contributed by atoms with E-state index in [1.54, 1.807) is 10.6 Å². The first-order valence-corrected chi connectivity index (χ1v) is 7.18. The average molecular weight is 263 g/mol. The van der Waals surface area contributed by atoms with Gasteiger partial charge < -0.3 is 14.8 Å². The zero-order valence-electron chi connectivity index (χ0n) is 12.4. The molecule has 106 valence electrons. The van der Waals surface area contributed by atoms with E-state index in [1.165, 1.54) is 0 Å². The van der Waals surface area contributed by atoms with Gasteiger partial charge >= 0.3 is 0 Å². The van der Waals surface area contributed by atoms with Crippen molar-refractivity contribution in [3.05, 3.63) is 28.7 Å². The van der Waals surface area contributed by atoms with E-state index in [4.69, 9.17) is 0 Å². The second kappa shape index (κ2) is 5.78. The maximum Gasteiger partial charge on any atom is 0.250 e. The number of anilines is 1. The highest BCUT2D eigenvalue weighted by atomic mass is 16.1. The lowest BCUT2D eigenvalue weighted by molar-refractivity contribution is 0.145. The summed E-state index contributed by atoms with van der Waals surface area (Å²) in [6.07, 6.45) is 3.07. The van der Waals surface area contributed by atoms with Gasteiger partial charge in [-0.1, -0.05) is 6.92 Å². The SMILES string of the molecule is CCn1cc(NC2CC(C)N(C)CC2C)ccc1=O. The molecule has 1 aromatic rings. The van der Waals surface area contributed by atoms with Gasteiger partial charge in [0.05, 0.1) is 5.69 Å². The van der Waals surface area contributed by atoms with E-state index < -0.39 is 0 Å². The summed E-state index contributed by atoms with van der Waals surface area (Å²) in [5.41, 5.74) is 1.12. The van der Waals surface area contributed by atoms with Crippen LogP contribution in [0.15, 0.2) is 23.1 Å². The lowest BCUT2D eigenvalue weighted by atomic mass is 9.90. The number of hydrogen-bond acceptors (Lipinski definition) is 3.